The molecule has 0 aliphatic rings. The van der Waals surface area contributed by atoms with Gasteiger partial charge in [-0.1, -0.05) is 29.8 Å². The van der Waals surface area contributed by atoms with Crippen molar-refractivity contribution < 1.29 is 19.1 Å². The van der Waals surface area contributed by atoms with E-state index in [4.69, 9.17) is 9.72 Å². The van der Waals surface area contributed by atoms with Crippen LogP contribution in [-0.2, 0) is 9.53 Å². The molecule has 9 nitrogen and oxygen atoms in total. The predicted octanol–water partition coefficient (Wildman–Crippen LogP) is 3.38. The van der Waals surface area contributed by atoms with E-state index in [1.54, 1.807) is 30.8 Å². The first kappa shape index (κ1) is 22.9. The van der Waals surface area contributed by atoms with E-state index in [0.717, 1.165) is 11.1 Å². The molecule has 0 aliphatic carbocycles. The van der Waals surface area contributed by atoms with Gasteiger partial charge in [0.25, 0.3) is 5.91 Å². The number of aromatic nitrogens is 3. The van der Waals surface area contributed by atoms with Crippen LogP contribution in [0.3, 0.4) is 0 Å². The van der Waals surface area contributed by atoms with E-state index in [-0.39, 0.29) is 17.6 Å². The summed E-state index contributed by atoms with van der Waals surface area (Å²) in [7, 11) is 0. The Hall–Kier alpha value is -3.75. The van der Waals surface area contributed by atoms with Crippen molar-refractivity contribution in [1.29, 1.82) is 0 Å². The molecule has 168 valence electrons. The molecule has 0 aliphatic heterocycles. The van der Waals surface area contributed by atoms with Crippen molar-refractivity contribution in [2.45, 2.75) is 46.7 Å². The summed E-state index contributed by atoms with van der Waals surface area (Å²) in [6.07, 6.45) is 1.56. The second kappa shape index (κ2) is 9.59. The van der Waals surface area contributed by atoms with E-state index >= 15 is 0 Å². The molecule has 1 aromatic carbocycles. The molecule has 0 bridgehead atoms. The molecule has 0 unspecified atom stereocenters. The second-order valence-corrected chi connectivity index (χ2v) is 8.09. The van der Waals surface area contributed by atoms with Crippen LogP contribution in [0.4, 0.5) is 4.79 Å². The largest absolute Gasteiger partial charge is 0.452 e. The molecule has 32 heavy (non-hydrogen) atoms. The number of nitrogens with zero attached hydrogens (tertiary/aromatic N) is 3. The quantitative estimate of drug-likeness (QED) is 0.571. The van der Waals surface area contributed by atoms with Crippen molar-refractivity contribution in [1.82, 2.24) is 25.4 Å². The number of aryl methyl sites for hydroxylation is 1. The zero-order valence-corrected chi connectivity index (χ0v) is 18.8. The molecule has 0 saturated carbocycles. The van der Waals surface area contributed by atoms with Gasteiger partial charge >= 0.3 is 12.0 Å². The lowest BCUT2D eigenvalue weighted by Crippen LogP contribution is -2.44. The minimum absolute atomic E-state index is 0.0300. The van der Waals surface area contributed by atoms with E-state index in [1.807, 2.05) is 45.0 Å². The molecule has 0 saturated heterocycles. The Morgan fingerprint density at radius 2 is 1.78 bits per heavy atom. The van der Waals surface area contributed by atoms with Crippen LogP contribution in [-0.4, -0.2) is 45.3 Å². The van der Waals surface area contributed by atoms with Crippen LogP contribution in [0.25, 0.3) is 22.3 Å². The van der Waals surface area contributed by atoms with Gasteiger partial charge in [0.1, 0.15) is 0 Å². The summed E-state index contributed by atoms with van der Waals surface area (Å²) >= 11 is 0. The number of nitrogens with one attached hydrogen (secondary N) is 2. The standard InChI is InChI=1S/C23H27N5O4/c1-13(2)25-23(31)27-20(29)12-32-22(30)17-10-19(16-8-6-15(5)7-9-16)26-21-18(17)11-24-28(21)14(3)4/h6-11,13-14H,12H2,1-5H3,(H2,25,27,29,31). The van der Waals surface area contributed by atoms with Crippen molar-refractivity contribution in [2.75, 3.05) is 6.61 Å². The zero-order chi connectivity index (χ0) is 23.4. The fourth-order valence-electron chi connectivity index (χ4n) is 3.11. The molecule has 2 heterocycles. The number of rotatable bonds is 6. The van der Waals surface area contributed by atoms with Crippen molar-refractivity contribution >= 4 is 28.9 Å². The number of imide groups is 1. The third kappa shape index (κ3) is 5.29. The van der Waals surface area contributed by atoms with Gasteiger partial charge in [0.05, 0.1) is 22.8 Å². The lowest BCUT2D eigenvalue weighted by Gasteiger charge is -2.11. The van der Waals surface area contributed by atoms with Gasteiger partial charge in [0, 0.05) is 17.6 Å². The maximum Gasteiger partial charge on any atom is 0.339 e. The first-order chi connectivity index (χ1) is 15.2. The van der Waals surface area contributed by atoms with Crippen LogP contribution in [0.15, 0.2) is 36.5 Å². The molecule has 3 amide bonds. The summed E-state index contributed by atoms with van der Waals surface area (Å²) in [4.78, 5) is 41.2. The Bertz CT molecular complexity index is 1150. The fraction of sp³-hybridized carbons (Fsp3) is 0.348. The van der Waals surface area contributed by atoms with Crippen LogP contribution in [0.2, 0.25) is 0 Å². The average molecular weight is 438 g/mol. The van der Waals surface area contributed by atoms with Crippen LogP contribution in [0.5, 0.6) is 0 Å². The fourth-order valence-corrected chi connectivity index (χ4v) is 3.11. The van der Waals surface area contributed by atoms with Gasteiger partial charge < -0.3 is 10.1 Å². The first-order valence-electron chi connectivity index (χ1n) is 10.4. The Labute approximate surface area is 186 Å². The molecule has 9 heteroatoms. The number of amides is 3. The zero-order valence-electron chi connectivity index (χ0n) is 18.8. The third-order valence-electron chi connectivity index (χ3n) is 4.63. The van der Waals surface area contributed by atoms with Crippen LogP contribution < -0.4 is 10.6 Å². The van der Waals surface area contributed by atoms with E-state index in [9.17, 15) is 14.4 Å². The molecule has 2 N–H and O–H groups in total. The smallest absolute Gasteiger partial charge is 0.339 e. The topological polar surface area (TPSA) is 115 Å². The number of pyridine rings is 1. The van der Waals surface area contributed by atoms with E-state index < -0.39 is 24.5 Å². The maximum atomic E-state index is 12.9. The van der Waals surface area contributed by atoms with Crippen molar-refractivity contribution in [3.05, 3.63) is 47.7 Å². The lowest BCUT2D eigenvalue weighted by molar-refractivity contribution is -0.123. The number of benzene rings is 1. The number of carbonyl (C=O) groups is 3. The Morgan fingerprint density at radius 3 is 2.41 bits per heavy atom. The Kier molecular flexibility index (Phi) is 6.87. The summed E-state index contributed by atoms with van der Waals surface area (Å²) in [5.74, 6) is -1.42. The molecule has 0 radical (unpaired) electrons. The van der Waals surface area contributed by atoms with Gasteiger partial charge in [0.2, 0.25) is 0 Å². The van der Waals surface area contributed by atoms with Gasteiger partial charge in [-0.15, -0.1) is 0 Å². The Balaban J connectivity index is 1.89. The monoisotopic (exact) mass is 437 g/mol. The highest BCUT2D eigenvalue weighted by Gasteiger charge is 2.21. The molecule has 0 fully saturated rings. The van der Waals surface area contributed by atoms with E-state index in [2.05, 4.69) is 15.7 Å². The molecule has 0 atom stereocenters. The minimum Gasteiger partial charge on any atom is -0.452 e. The normalized spacial score (nSPS) is 11.1. The van der Waals surface area contributed by atoms with E-state index in [0.29, 0.717) is 16.7 Å². The molecule has 0 spiro atoms. The van der Waals surface area contributed by atoms with E-state index in [1.165, 1.54) is 0 Å². The van der Waals surface area contributed by atoms with Crippen molar-refractivity contribution in [2.24, 2.45) is 0 Å². The summed E-state index contributed by atoms with van der Waals surface area (Å²) < 4.78 is 6.92. The average Bonchev–Trinajstić information content (AvgIpc) is 3.15. The maximum absolute atomic E-state index is 12.9. The summed E-state index contributed by atoms with van der Waals surface area (Å²) in [5.41, 5.74) is 3.33. The number of hydrogen-bond donors (Lipinski definition) is 2. The van der Waals surface area contributed by atoms with Crippen LogP contribution >= 0.6 is 0 Å². The molecular weight excluding hydrogens is 410 g/mol. The van der Waals surface area contributed by atoms with Crippen molar-refractivity contribution in [3.63, 3.8) is 0 Å². The third-order valence-corrected chi connectivity index (χ3v) is 4.63. The highest BCUT2D eigenvalue weighted by atomic mass is 16.5. The first-order valence-corrected chi connectivity index (χ1v) is 10.4. The van der Waals surface area contributed by atoms with Gasteiger partial charge in [-0.05, 0) is 40.7 Å². The van der Waals surface area contributed by atoms with Gasteiger partial charge in [0.15, 0.2) is 12.3 Å². The summed E-state index contributed by atoms with van der Waals surface area (Å²) in [6.45, 7) is 8.87. The summed E-state index contributed by atoms with van der Waals surface area (Å²) in [6, 6.07) is 8.66. The Morgan fingerprint density at radius 1 is 1.09 bits per heavy atom. The van der Waals surface area contributed by atoms with Crippen LogP contribution in [0.1, 0.15) is 49.7 Å². The number of esters is 1. The number of fused-ring (bicyclic) bond motifs is 1. The summed E-state index contributed by atoms with van der Waals surface area (Å²) in [5, 5.41) is 9.54. The minimum atomic E-state index is -0.724. The van der Waals surface area contributed by atoms with Gasteiger partial charge in [-0.3, -0.25) is 10.1 Å². The number of urea groups is 1. The predicted molar refractivity (Wildman–Crippen MR) is 120 cm³/mol. The highest BCUT2D eigenvalue weighted by Crippen LogP contribution is 2.27. The van der Waals surface area contributed by atoms with Crippen molar-refractivity contribution in [3.8, 4) is 11.3 Å². The second-order valence-electron chi connectivity index (χ2n) is 8.09. The van der Waals surface area contributed by atoms with Gasteiger partial charge in [-0.2, -0.15) is 5.10 Å². The number of ether oxygens (including phenoxy) is 1. The molecular formula is C23H27N5O4. The molecule has 2 aromatic heterocycles. The highest BCUT2D eigenvalue weighted by molar-refractivity contribution is 6.04. The molecule has 3 rings (SSSR count). The number of hydrogen-bond acceptors (Lipinski definition) is 6. The SMILES string of the molecule is Cc1ccc(-c2cc(C(=O)OCC(=O)NC(=O)NC(C)C)c3cnn(C(C)C)c3n2)cc1. The van der Waals surface area contributed by atoms with Crippen LogP contribution in [0, 0.1) is 6.92 Å². The number of carbonyl (C=O) groups excluding carboxylic acids is 3. The lowest BCUT2D eigenvalue weighted by atomic mass is 10.1. The van der Waals surface area contributed by atoms with Gasteiger partial charge in [-0.25, -0.2) is 19.3 Å². The molecule has 3 aromatic rings.